The van der Waals surface area contributed by atoms with Crippen molar-refractivity contribution in [2.45, 2.75) is 13.8 Å². The van der Waals surface area contributed by atoms with Crippen molar-refractivity contribution in [2.24, 2.45) is 0 Å². The first-order chi connectivity index (χ1) is 22.6. The number of benzene rings is 5. The summed E-state index contributed by atoms with van der Waals surface area (Å²) in [6, 6.07) is 53.3. The maximum absolute atomic E-state index is 5.14. The Morgan fingerprint density at radius 2 is 0.935 bits per heavy atom. The molecule has 3 aromatic heterocycles. The first kappa shape index (κ1) is 27.6. The molecule has 0 aliphatic carbocycles. The molecule has 0 unspecified atom stereocenters. The van der Waals surface area contributed by atoms with Crippen molar-refractivity contribution in [3.05, 3.63) is 163 Å². The largest absolute Gasteiger partial charge is 0.251 e. The Morgan fingerprint density at radius 1 is 0.348 bits per heavy atom. The summed E-state index contributed by atoms with van der Waals surface area (Å²) in [7, 11) is 0. The lowest BCUT2D eigenvalue weighted by atomic mass is 9.97. The molecule has 5 aromatic carbocycles. The van der Waals surface area contributed by atoms with E-state index in [0.29, 0.717) is 0 Å². The minimum atomic E-state index is 0.940. The summed E-state index contributed by atoms with van der Waals surface area (Å²) in [5.41, 5.74) is 14.9. The molecule has 0 N–H and O–H groups in total. The van der Waals surface area contributed by atoms with E-state index in [1.807, 2.05) is 19.1 Å². The summed E-state index contributed by atoms with van der Waals surface area (Å²) in [4.78, 5) is 15.1. The quantitative estimate of drug-likeness (QED) is 0.187. The first-order valence-electron chi connectivity index (χ1n) is 15.6. The van der Waals surface area contributed by atoms with Crippen molar-refractivity contribution in [3.63, 3.8) is 0 Å². The van der Waals surface area contributed by atoms with Crippen LogP contribution in [0.25, 0.3) is 77.8 Å². The second-order valence-electron chi connectivity index (χ2n) is 11.8. The van der Waals surface area contributed by atoms with E-state index in [2.05, 4.69) is 146 Å². The third kappa shape index (κ3) is 5.22. The van der Waals surface area contributed by atoms with Crippen LogP contribution in [0, 0.1) is 13.8 Å². The fraction of sp³-hybridized carbons (Fsp3) is 0.0465. The Kier molecular flexibility index (Phi) is 6.92. The highest BCUT2D eigenvalue weighted by atomic mass is 14.8. The molecule has 3 heterocycles. The Bertz CT molecular complexity index is 2300. The molecule has 8 aromatic rings. The monoisotopic (exact) mass is 589 g/mol. The van der Waals surface area contributed by atoms with E-state index in [-0.39, 0.29) is 0 Å². The fourth-order valence-electron chi connectivity index (χ4n) is 6.29. The third-order valence-electron chi connectivity index (χ3n) is 8.65. The molecule has 0 bridgehead atoms. The lowest BCUT2D eigenvalue weighted by Crippen LogP contribution is -1.92. The molecule has 46 heavy (non-hydrogen) atoms. The summed E-state index contributed by atoms with van der Waals surface area (Å²) in [6.45, 7) is 4.18. The lowest BCUT2D eigenvalue weighted by Gasteiger charge is -2.11. The Hall–Kier alpha value is -5.93. The fourth-order valence-corrected chi connectivity index (χ4v) is 6.29. The summed E-state index contributed by atoms with van der Waals surface area (Å²) < 4.78 is 0. The molecule has 218 valence electrons. The number of rotatable bonds is 5. The van der Waals surface area contributed by atoms with Gasteiger partial charge in [0, 0.05) is 33.2 Å². The van der Waals surface area contributed by atoms with Gasteiger partial charge in [-0.2, -0.15) is 0 Å². The summed E-state index contributed by atoms with van der Waals surface area (Å²) in [5, 5.41) is 2.25. The molecule has 0 amide bonds. The number of aryl methyl sites for hydroxylation is 2. The van der Waals surface area contributed by atoms with Crippen LogP contribution in [0.4, 0.5) is 0 Å². The van der Waals surface area contributed by atoms with Gasteiger partial charge in [-0.25, -0.2) is 9.97 Å². The van der Waals surface area contributed by atoms with Crippen molar-refractivity contribution in [2.75, 3.05) is 0 Å². The number of nitrogens with zero attached hydrogens (tertiary/aromatic N) is 3. The van der Waals surface area contributed by atoms with E-state index in [4.69, 9.17) is 15.0 Å². The Balaban J connectivity index is 1.16. The molecule has 0 aliphatic heterocycles. The second kappa shape index (κ2) is 11.5. The minimum absolute atomic E-state index is 0.940. The molecule has 3 heteroatoms. The van der Waals surface area contributed by atoms with Crippen molar-refractivity contribution in [1.82, 2.24) is 15.0 Å². The molecule has 3 nitrogen and oxygen atoms in total. The molecule has 8 rings (SSSR count). The number of aromatic nitrogens is 3. The van der Waals surface area contributed by atoms with Gasteiger partial charge in [0.2, 0.25) is 0 Å². The van der Waals surface area contributed by atoms with E-state index in [9.17, 15) is 0 Å². The minimum Gasteiger partial charge on any atom is -0.251 e. The van der Waals surface area contributed by atoms with Gasteiger partial charge >= 0.3 is 0 Å². The van der Waals surface area contributed by atoms with Gasteiger partial charge < -0.3 is 0 Å². The first-order valence-corrected chi connectivity index (χ1v) is 15.6. The number of pyridine rings is 3. The molecule has 0 aliphatic rings. The van der Waals surface area contributed by atoms with Gasteiger partial charge in [-0.3, -0.25) is 4.98 Å². The number of hydrogen-bond donors (Lipinski definition) is 0. The van der Waals surface area contributed by atoms with Gasteiger partial charge in [0.05, 0.1) is 28.1 Å². The molecule has 0 atom stereocenters. The van der Waals surface area contributed by atoms with Crippen LogP contribution in [-0.4, -0.2) is 15.0 Å². The zero-order valence-electron chi connectivity index (χ0n) is 25.8. The van der Waals surface area contributed by atoms with Crippen LogP contribution in [0.5, 0.6) is 0 Å². The molecular weight excluding hydrogens is 558 g/mol. The van der Waals surface area contributed by atoms with E-state index in [0.717, 1.165) is 78.0 Å². The predicted octanol–water partition coefficient (Wildman–Crippen LogP) is 11.1. The summed E-state index contributed by atoms with van der Waals surface area (Å²) in [6.07, 6.45) is 0. The number of hydrogen-bond acceptors (Lipinski definition) is 3. The van der Waals surface area contributed by atoms with Gasteiger partial charge in [-0.1, -0.05) is 121 Å². The summed E-state index contributed by atoms with van der Waals surface area (Å²) in [5.74, 6) is 0. The third-order valence-corrected chi connectivity index (χ3v) is 8.65. The maximum Gasteiger partial charge on any atom is 0.0972 e. The van der Waals surface area contributed by atoms with Crippen molar-refractivity contribution in [3.8, 4) is 56.0 Å². The van der Waals surface area contributed by atoms with Crippen LogP contribution in [0.1, 0.15) is 11.3 Å². The van der Waals surface area contributed by atoms with E-state index in [1.165, 1.54) is 11.1 Å². The Morgan fingerprint density at radius 3 is 1.67 bits per heavy atom. The van der Waals surface area contributed by atoms with E-state index in [1.54, 1.807) is 0 Å². The topological polar surface area (TPSA) is 38.7 Å². The van der Waals surface area contributed by atoms with Gasteiger partial charge in [0.15, 0.2) is 0 Å². The maximum atomic E-state index is 5.14. The van der Waals surface area contributed by atoms with Crippen LogP contribution in [0.15, 0.2) is 152 Å². The standard InChI is InChI=1S/C43H31N3/c1-28-24-29(2)44-43-38(28)22-20-34-21-23-39(46-42(34)43)36-15-9-14-35(25-36)31-16-18-33(19-17-31)41-27-37(30-10-5-3-6-11-30)26-40(45-41)32-12-7-4-8-13-32/h3-27H,1-2H3. The van der Waals surface area contributed by atoms with Gasteiger partial charge in [-0.15, -0.1) is 0 Å². The van der Waals surface area contributed by atoms with Crippen LogP contribution in [0.2, 0.25) is 0 Å². The SMILES string of the molecule is Cc1cc(C)c2ccc3ccc(-c4cccc(-c5ccc(-c6cc(-c7ccccc7)cc(-c7ccccc7)n6)cc5)c4)nc3c2n1. The highest BCUT2D eigenvalue weighted by molar-refractivity contribution is 6.04. The Labute approximate surface area is 268 Å². The average Bonchev–Trinajstić information content (AvgIpc) is 3.12. The van der Waals surface area contributed by atoms with E-state index >= 15 is 0 Å². The van der Waals surface area contributed by atoms with Crippen LogP contribution in [-0.2, 0) is 0 Å². The zero-order valence-corrected chi connectivity index (χ0v) is 25.8. The predicted molar refractivity (Wildman–Crippen MR) is 191 cm³/mol. The second-order valence-corrected chi connectivity index (χ2v) is 11.8. The highest BCUT2D eigenvalue weighted by Gasteiger charge is 2.12. The van der Waals surface area contributed by atoms with Crippen molar-refractivity contribution >= 4 is 21.8 Å². The molecule has 0 saturated heterocycles. The van der Waals surface area contributed by atoms with Crippen molar-refractivity contribution in [1.29, 1.82) is 0 Å². The van der Waals surface area contributed by atoms with Gasteiger partial charge in [-0.05, 0) is 72.0 Å². The molecule has 0 fully saturated rings. The van der Waals surface area contributed by atoms with Crippen LogP contribution < -0.4 is 0 Å². The lowest BCUT2D eigenvalue weighted by molar-refractivity contribution is 1.23. The molecular formula is C43H31N3. The van der Waals surface area contributed by atoms with Crippen LogP contribution >= 0.6 is 0 Å². The van der Waals surface area contributed by atoms with Crippen molar-refractivity contribution < 1.29 is 0 Å². The molecule has 0 radical (unpaired) electrons. The molecule has 0 spiro atoms. The van der Waals surface area contributed by atoms with Gasteiger partial charge in [0.25, 0.3) is 0 Å². The van der Waals surface area contributed by atoms with Crippen LogP contribution in [0.3, 0.4) is 0 Å². The average molecular weight is 590 g/mol. The normalized spacial score (nSPS) is 11.3. The zero-order chi connectivity index (χ0) is 31.0. The summed E-state index contributed by atoms with van der Waals surface area (Å²) >= 11 is 0. The molecule has 0 saturated carbocycles. The highest BCUT2D eigenvalue weighted by Crippen LogP contribution is 2.33. The number of fused-ring (bicyclic) bond motifs is 3. The smallest absolute Gasteiger partial charge is 0.0972 e. The van der Waals surface area contributed by atoms with E-state index < -0.39 is 0 Å². The van der Waals surface area contributed by atoms with Gasteiger partial charge in [0.1, 0.15) is 0 Å².